The first-order chi connectivity index (χ1) is 25.6. The van der Waals surface area contributed by atoms with Crippen LogP contribution in [0, 0.1) is 11.3 Å². The molecular weight excluding hydrogens is 675 g/mol. The Kier molecular flexibility index (Phi) is 11.8. The number of benzene rings is 3. The average Bonchev–Trinajstić information content (AvgIpc) is 3.42. The molecule has 2 saturated heterocycles. The van der Waals surface area contributed by atoms with E-state index in [0.29, 0.717) is 30.0 Å². The molecule has 5 aromatic rings. The number of para-hydroxylation sites is 1. The minimum Gasteiger partial charge on any atom is -0.494 e. The number of aliphatic imine (C=N–C) groups is 1. The van der Waals surface area contributed by atoms with Crippen molar-refractivity contribution in [3.05, 3.63) is 102 Å². The summed E-state index contributed by atoms with van der Waals surface area (Å²) in [6, 6.07) is 28.3. The highest BCUT2D eigenvalue weighted by Crippen LogP contribution is 2.40. The minimum absolute atomic E-state index is 0.0681. The fourth-order valence-electron chi connectivity index (χ4n) is 6.64. The molecule has 0 spiro atoms. The van der Waals surface area contributed by atoms with Gasteiger partial charge in [-0.25, -0.2) is 4.99 Å². The van der Waals surface area contributed by atoms with Gasteiger partial charge >= 0.3 is 0 Å². The first kappa shape index (κ1) is 35.7. The molecule has 0 amide bonds. The van der Waals surface area contributed by atoms with Gasteiger partial charge in [-0.05, 0) is 48.0 Å². The number of fused-ring (bicyclic) bond motifs is 3. The van der Waals surface area contributed by atoms with Crippen molar-refractivity contribution in [1.82, 2.24) is 24.7 Å². The lowest BCUT2D eigenvalue weighted by Crippen LogP contribution is -2.49. The van der Waals surface area contributed by atoms with Gasteiger partial charge in [0, 0.05) is 84.8 Å². The van der Waals surface area contributed by atoms with Gasteiger partial charge in [0.15, 0.2) is 5.88 Å². The lowest BCUT2D eigenvalue weighted by atomic mass is 10.1. The molecule has 8 rings (SSSR count). The molecule has 2 aromatic heterocycles. The maximum absolute atomic E-state index is 10.3. The highest BCUT2D eigenvalue weighted by atomic mass is 32.2. The SMILES string of the molecule is N#Cc1ccc2[nH]c(O)c(-c3ccc(CN4CCOCC4)cn3)c2c1.OCCOCCN1CCN(C2=Nc3ccccc3Sc3ccccc32)CC1. The average molecular weight is 718 g/mol. The van der Waals surface area contributed by atoms with Crippen LogP contribution >= 0.6 is 11.8 Å². The van der Waals surface area contributed by atoms with Gasteiger partial charge in [-0.15, -0.1) is 0 Å². The Morgan fingerprint density at radius 1 is 0.885 bits per heavy atom. The number of aromatic hydroxyl groups is 1. The van der Waals surface area contributed by atoms with Crippen LogP contribution in [0.25, 0.3) is 22.2 Å². The Bertz CT molecular complexity index is 2030. The molecule has 0 bridgehead atoms. The molecule has 5 heterocycles. The lowest BCUT2D eigenvalue weighted by molar-refractivity contribution is 0.0341. The van der Waals surface area contributed by atoms with Crippen molar-refractivity contribution in [3.63, 3.8) is 0 Å². The lowest BCUT2D eigenvalue weighted by Gasteiger charge is -2.36. The summed E-state index contributed by atoms with van der Waals surface area (Å²) < 4.78 is 10.8. The molecule has 3 aromatic carbocycles. The second kappa shape index (κ2) is 17.2. The molecular formula is C40H43N7O4S. The predicted molar refractivity (Wildman–Crippen MR) is 203 cm³/mol. The Labute approximate surface area is 308 Å². The molecule has 268 valence electrons. The summed E-state index contributed by atoms with van der Waals surface area (Å²) in [5, 5.41) is 29.0. The molecule has 3 aliphatic rings. The van der Waals surface area contributed by atoms with E-state index >= 15 is 0 Å². The number of hydrogen-bond acceptors (Lipinski definition) is 11. The normalized spacial score (nSPS) is 16.2. The summed E-state index contributed by atoms with van der Waals surface area (Å²) in [5.41, 5.74) is 6.05. The molecule has 3 N–H and O–H groups in total. The maximum atomic E-state index is 10.3. The Morgan fingerprint density at radius 2 is 1.67 bits per heavy atom. The molecule has 52 heavy (non-hydrogen) atoms. The van der Waals surface area contributed by atoms with E-state index in [2.05, 4.69) is 79.3 Å². The largest absolute Gasteiger partial charge is 0.494 e. The van der Waals surface area contributed by atoms with Crippen LogP contribution in [0.1, 0.15) is 16.7 Å². The van der Waals surface area contributed by atoms with E-state index < -0.39 is 0 Å². The van der Waals surface area contributed by atoms with Gasteiger partial charge in [0.1, 0.15) is 5.84 Å². The number of nitrogens with one attached hydrogen (secondary N) is 1. The number of ether oxygens (including phenoxy) is 2. The zero-order valence-corrected chi connectivity index (χ0v) is 29.9. The standard InChI is InChI=1S/C21H25N3O2S.C19H18N4O2/c25-14-16-26-15-13-23-9-11-24(12-10-23)21-17-5-1-3-7-19(17)27-20-8-4-2-6-18(20)22-21;20-10-13-1-3-16-15(9-13)18(19(24)22-16)17-4-2-14(11-21-17)12-23-5-7-25-8-6-23/h1-8,25H,9-16H2;1-4,9,11,22,24H,5-8,12H2. The molecule has 0 saturated carbocycles. The number of morpholine rings is 1. The highest BCUT2D eigenvalue weighted by Gasteiger charge is 2.25. The van der Waals surface area contributed by atoms with Gasteiger partial charge in [0.05, 0.1) is 61.6 Å². The number of hydrogen-bond donors (Lipinski definition) is 3. The Hall–Kier alpha value is -4.74. The van der Waals surface area contributed by atoms with Crippen LogP contribution in [-0.4, -0.2) is 120 Å². The van der Waals surface area contributed by atoms with Crippen molar-refractivity contribution in [2.24, 2.45) is 4.99 Å². The van der Waals surface area contributed by atoms with Crippen LogP contribution in [0.5, 0.6) is 5.88 Å². The molecule has 11 nitrogen and oxygen atoms in total. The third kappa shape index (κ3) is 8.48. The smallest absolute Gasteiger partial charge is 0.199 e. The number of amidine groups is 1. The molecule has 3 aliphatic heterocycles. The van der Waals surface area contributed by atoms with Crippen LogP contribution in [0.4, 0.5) is 5.69 Å². The van der Waals surface area contributed by atoms with Crippen LogP contribution in [0.2, 0.25) is 0 Å². The number of aliphatic hydroxyl groups excluding tert-OH is 1. The molecule has 2 fully saturated rings. The third-order valence-corrected chi connectivity index (χ3v) is 10.5. The van der Waals surface area contributed by atoms with Crippen molar-refractivity contribution >= 4 is 34.2 Å². The zero-order chi connectivity index (χ0) is 35.7. The highest BCUT2D eigenvalue weighted by molar-refractivity contribution is 7.99. The zero-order valence-electron chi connectivity index (χ0n) is 29.1. The van der Waals surface area contributed by atoms with Crippen LogP contribution in [-0.2, 0) is 16.0 Å². The minimum atomic E-state index is 0.0681. The number of rotatable bonds is 8. The summed E-state index contributed by atoms with van der Waals surface area (Å²) in [7, 11) is 0. The van der Waals surface area contributed by atoms with E-state index in [-0.39, 0.29) is 12.5 Å². The summed E-state index contributed by atoms with van der Waals surface area (Å²) >= 11 is 1.80. The van der Waals surface area contributed by atoms with E-state index in [1.807, 2.05) is 18.3 Å². The first-order valence-electron chi connectivity index (χ1n) is 17.7. The summed E-state index contributed by atoms with van der Waals surface area (Å²) in [5.74, 6) is 1.15. The molecule has 0 aliphatic carbocycles. The van der Waals surface area contributed by atoms with Crippen LogP contribution in [0.3, 0.4) is 0 Å². The van der Waals surface area contributed by atoms with E-state index in [9.17, 15) is 5.11 Å². The second-order valence-electron chi connectivity index (χ2n) is 12.8. The quantitative estimate of drug-likeness (QED) is 0.177. The van der Waals surface area contributed by atoms with E-state index in [1.165, 1.54) is 15.4 Å². The molecule has 12 heteroatoms. The summed E-state index contributed by atoms with van der Waals surface area (Å²) in [4.78, 5) is 22.2. The topological polar surface area (TPSA) is 133 Å². The summed E-state index contributed by atoms with van der Waals surface area (Å²) in [6.07, 6.45) is 1.84. The van der Waals surface area contributed by atoms with Crippen molar-refractivity contribution in [2.75, 3.05) is 78.8 Å². The van der Waals surface area contributed by atoms with E-state index in [0.717, 1.165) is 93.6 Å². The van der Waals surface area contributed by atoms with E-state index in [4.69, 9.17) is 24.8 Å². The first-order valence-corrected chi connectivity index (χ1v) is 18.5. The monoisotopic (exact) mass is 717 g/mol. The van der Waals surface area contributed by atoms with Crippen molar-refractivity contribution < 1.29 is 19.7 Å². The van der Waals surface area contributed by atoms with Crippen molar-refractivity contribution in [2.45, 2.75) is 16.3 Å². The number of nitrogens with zero attached hydrogens (tertiary/aromatic N) is 6. The predicted octanol–water partition coefficient (Wildman–Crippen LogP) is 5.50. The molecule has 0 unspecified atom stereocenters. The fraction of sp³-hybridized carbons (Fsp3) is 0.325. The van der Waals surface area contributed by atoms with E-state index in [1.54, 1.807) is 30.0 Å². The maximum Gasteiger partial charge on any atom is 0.199 e. The molecule has 0 radical (unpaired) electrons. The van der Waals surface area contributed by atoms with Gasteiger partial charge in [-0.3, -0.25) is 14.8 Å². The number of pyridine rings is 1. The fourth-order valence-corrected chi connectivity index (χ4v) is 7.66. The van der Waals surface area contributed by atoms with Gasteiger partial charge in [0.25, 0.3) is 0 Å². The number of H-pyrrole nitrogens is 1. The number of nitriles is 1. The second-order valence-corrected chi connectivity index (χ2v) is 13.9. The van der Waals surface area contributed by atoms with Gasteiger partial charge in [0.2, 0.25) is 0 Å². The Morgan fingerprint density at radius 3 is 2.44 bits per heavy atom. The number of aromatic nitrogens is 2. The van der Waals surface area contributed by atoms with Gasteiger partial charge in [-0.1, -0.05) is 48.2 Å². The third-order valence-electron chi connectivity index (χ3n) is 9.40. The van der Waals surface area contributed by atoms with Gasteiger partial charge < -0.3 is 29.6 Å². The molecule has 0 atom stereocenters. The number of aliphatic hydroxyl groups is 1. The van der Waals surface area contributed by atoms with Crippen molar-refractivity contribution in [1.29, 1.82) is 5.26 Å². The Balaban J connectivity index is 0.000000162. The van der Waals surface area contributed by atoms with Crippen LogP contribution in [0.15, 0.2) is 99.8 Å². The summed E-state index contributed by atoms with van der Waals surface area (Å²) in [6.45, 7) is 10.3. The number of aromatic amines is 1. The number of piperazine rings is 1. The van der Waals surface area contributed by atoms with Crippen LogP contribution < -0.4 is 0 Å². The van der Waals surface area contributed by atoms with Gasteiger partial charge in [-0.2, -0.15) is 5.26 Å². The van der Waals surface area contributed by atoms with Crippen molar-refractivity contribution in [3.8, 4) is 23.2 Å².